The molecule has 20 heavy (non-hydrogen) atoms. The maximum atomic E-state index is 11.9. The molecule has 0 radical (unpaired) electrons. The Kier molecular flexibility index (Phi) is 5.04. The molecule has 1 aromatic heterocycles. The molecule has 0 aromatic carbocycles. The lowest BCUT2D eigenvalue weighted by atomic mass is 9.80. The van der Waals surface area contributed by atoms with Crippen LogP contribution in [0.15, 0.2) is 4.34 Å². The fourth-order valence-electron chi connectivity index (χ4n) is 2.11. The number of carbonyl (C=O) groups is 2. The maximum absolute atomic E-state index is 11.9. The van der Waals surface area contributed by atoms with Gasteiger partial charge in [-0.1, -0.05) is 18.7 Å². The molecule has 1 aliphatic rings. The number of rotatable bonds is 6. The maximum Gasteiger partial charge on any atom is 0.306 e. The summed E-state index contributed by atoms with van der Waals surface area (Å²) < 4.78 is 1.00. The highest BCUT2D eigenvalue weighted by Crippen LogP contribution is 2.29. The normalized spacial score (nSPS) is 21.3. The Bertz CT molecular complexity index is 510. The molecule has 0 unspecified atom stereocenters. The van der Waals surface area contributed by atoms with E-state index in [2.05, 4.69) is 17.2 Å². The van der Waals surface area contributed by atoms with E-state index in [4.69, 9.17) is 5.11 Å². The number of hydrogen-bond donors (Lipinski definition) is 2. The molecule has 0 bridgehead atoms. The molecule has 0 spiro atoms. The van der Waals surface area contributed by atoms with Crippen LogP contribution in [0.4, 0.5) is 0 Å². The van der Waals surface area contributed by atoms with Gasteiger partial charge in [-0.3, -0.25) is 9.59 Å². The molecule has 1 saturated carbocycles. The molecule has 0 aliphatic heterocycles. The molecule has 1 aliphatic carbocycles. The second kappa shape index (κ2) is 6.58. The van der Waals surface area contributed by atoms with Gasteiger partial charge in [0.05, 0.1) is 18.0 Å². The van der Waals surface area contributed by atoms with Gasteiger partial charge in [0.15, 0.2) is 0 Å². The Labute approximate surface area is 126 Å². The minimum atomic E-state index is -0.768. The zero-order valence-electron chi connectivity index (χ0n) is 11.5. The van der Waals surface area contributed by atoms with Gasteiger partial charge >= 0.3 is 5.97 Å². The zero-order chi connectivity index (χ0) is 14.7. The predicted molar refractivity (Wildman–Crippen MR) is 79.2 cm³/mol. The number of hydrogen-bond acceptors (Lipinski definition) is 5. The number of aromatic nitrogens is 1. The Hall–Kier alpha value is -1.08. The summed E-state index contributed by atoms with van der Waals surface area (Å²) in [6, 6.07) is 0.0151. The van der Waals surface area contributed by atoms with Crippen LogP contribution in [0.1, 0.15) is 30.3 Å². The van der Waals surface area contributed by atoms with Crippen molar-refractivity contribution in [1.29, 1.82) is 0 Å². The number of thioether (sulfide) groups is 1. The van der Waals surface area contributed by atoms with Gasteiger partial charge < -0.3 is 10.4 Å². The van der Waals surface area contributed by atoms with E-state index in [0.717, 1.165) is 20.7 Å². The SMILES string of the molecule is CCSc1nc(C)c(CC(=O)NC2CC(C(=O)O)C2)s1. The van der Waals surface area contributed by atoms with Crippen molar-refractivity contribution in [1.82, 2.24) is 10.3 Å². The Balaban J connectivity index is 1.81. The third-order valence-corrected chi connectivity index (χ3v) is 5.50. The highest BCUT2D eigenvalue weighted by molar-refractivity contribution is 8.01. The van der Waals surface area contributed by atoms with E-state index < -0.39 is 5.97 Å². The van der Waals surface area contributed by atoms with E-state index in [1.165, 1.54) is 0 Å². The van der Waals surface area contributed by atoms with Crippen molar-refractivity contribution in [2.45, 2.75) is 43.5 Å². The Morgan fingerprint density at radius 2 is 2.20 bits per heavy atom. The van der Waals surface area contributed by atoms with Crippen molar-refractivity contribution in [2.75, 3.05) is 5.75 Å². The molecule has 5 nitrogen and oxygen atoms in total. The molecule has 110 valence electrons. The number of thiazole rings is 1. The number of carboxylic acid groups (broad SMARTS) is 1. The van der Waals surface area contributed by atoms with Crippen molar-refractivity contribution in [2.24, 2.45) is 5.92 Å². The van der Waals surface area contributed by atoms with E-state index in [1.54, 1.807) is 23.1 Å². The smallest absolute Gasteiger partial charge is 0.306 e. The highest BCUT2D eigenvalue weighted by atomic mass is 32.2. The second-order valence-corrected chi connectivity index (χ2v) is 7.46. The van der Waals surface area contributed by atoms with Crippen molar-refractivity contribution in [3.8, 4) is 0 Å². The minimum absolute atomic E-state index is 0.0151. The first-order chi connectivity index (χ1) is 9.49. The van der Waals surface area contributed by atoms with Crippen molar-refractivity contribution >= 4 is 35.0 Å². The fraction of sp³-hybridized carbons (Fsp3) is 0.615. The third kappa shape index (κ3) is 3.73. The van der Waals surface area contributed by atoms with Gasteiger partial charge in [-0.05, 0) is 25.5 Å². The molecule has 2 N–H and O–H groups in total. The first-order valence-corrected chi connectivity index (χ1v) is 8.41. The quantitative estimate of drug-likeness (QED) is 0.786. The molecule has 7 heteroatoms. The van der Waals surface area contributed by atoms with Crippen LogP contribution in [-0.2, 0) is 16.0 Å². The van der Waals surface area contributed by atoms with Gasteiger partial charge in [0.1, 0.15) is 4.34 Å². The van der Waals surface area contributed by atoms with Crippen LogP contribution in [0, 0.1) is 12.8 Å². The summed E-state index contributed by atoms with van der Waals surface area (Å²) in [6.07, 6.45) is 1.42. The molecule has 1 fully saturated rings. The third-order valence-electron chi connectivity index (χ3n) is 3.31. The summed E-state index contributed by atoms with van der Waals surface area (Å²) in [5.74, 6) is -0.135. The first kappa shape index (κ1) is 15.3. The lowest BCUT2D eigenvalue weighted by Crippen LogP contribution is -2.47. The van der Waals surface area contributed by atoms with Crippen molar-refractivity contribution in [3.05, 3.63) is 10.6 Å². The number of carboxylic acids is 1. The van der Waals surface area contributed by atoms with Crippen LogP contribution >= 0.6 is 23.1 Å². The predicted octanol–water partition coefficient (Wildman–Crippen LogP) is 2.09. The Morgan fingerprint density at radius 3 is 2.80 bits per heavy atom. The minimum Gasteiger partial charge on any atom is -0.481 e. The molecule has 1 heterocycles. The second-order valence-electron chi connectivity index (χ2n) is 4.87. The summed E-state index contributed by atoms with van der Waals surface area (Å²) in [5, 5.41) is 11.7. The lowest BCUT2D eigenvalue weighted by Gasteiger charge is -2.32. The largest absolute Gasteiger partial charge is 0.481 e. The van der Waals surface area contributed by atoms with E-state index in [1.807, 2.05) is 6.92 Å². The number of aryl methyl sites for hydroxylation is 1. The van der Waals surface area contributed by atoms with Gasteiger partial charge in [0.25, 0.3) is 0 Å². The topological polar surface area (TPSA) is 79.3 Å². The number of nitrogens with zero attached hydrogens (tertiary/aromatic N) is 1. The van der Waals surface area contributed by atoms with E-state index in [0.29, 0.717) is 19.3 Å². The van der Waals surface area contributed by atoms with Crippen LogP contribution in [0.2, 0.25) is 0 Å². The average Bonchev–Trinajstić information content (AvgIpc) is 2.64. The molecule has 1 amide bonds. The summed E-state index contributed by atoms with van der Waals surface area (Å²) in [5.41, 5.74) is 0.915. The summed E-state index contributed by atoms with van der Waals surface area (Å²) in [4.78, 5) is 28.0. The number of carbonyl (C=O) groups excluding carboxylic acids is 1. The van der Waals surface area contributed by atoms with Crippen LogP contribution in [0.3, 0.4) is 0 Å². The monoisotopic (exact) mass is 314 g/mol. The molecule has 1 aromatic rings. The number of nitrogens with one attached hydrogen (secondary N) is 1. The molecular formula is C13H18N2O3S2. The summed E-state index contributed by atoms with van der Waals surface area (Å²) >= 11 is 3.25. The summed E-state index contributed by atoms with van der Waals surface area (Å²) in [7, 11) is 0. The fourth-order valence-corrected chi connectivity index (χ4v) is 4.24. The van der Waals surface area contributed by atoms with Gasteiger partial charge in [0.2, 0.25) is 5.91 Å². The molecular weight excluding hydrogens is 296 g/mol. The van der Waals surface area contributed by atoms with Crippen LogP contribution < -0.4 is 5.32 Å². The van der Waals surface area contributed by atoms with E-state index in [-0.39, 0.29) is 17.9 Å². The van der Waals surface area contributed by atoms with E-state index in [9.17, 15) is 9.59 Å². The number of amides is 1. The van der Waals surface area contributed by atoms with Crippen LogP contribution in [0.5, 0.6) is 0 Å². The zero-order valence-corrected chi connectivity index (χ0v) is 13.1. The Morgan fingerprint density at radius 1 is 1.50 bits per heavy atom. The first-order valence-electron chi connectivity index (χ1n) is 6.60. The molecule has 2 rings (SSSR count). The van der Waals surface area contributed by atoms with Crippen LogP contribution in [-0.4, -0.2) is 33.8 Å². The standard InChI is InChI=1S/C13H18N2O3S2/c1-3-19-13-14-7(2)10(20-13)6-11(16)15-9-4-8(5-9)12(17)18/h8-9H,3-6H2,1-2H3,(H,15,16)(H,17,18). The highest BCUT2D eigenvalue weighted by Gasteiger charge is 2.35. The van der Waals surface area contributed by atoms with E-state index >= 15 is 0 Å². The van der Waals surface area contributed by atoms with Gasteiger partial charge in [-0.15, -0.1) is 11.3 Å². The average molecular weight is 314 g/mol. The molecule has 0 atom stereocenters. The van der Waals surface area contributed by atoms with Gasteiger partial charge in [-0.25, -0.2) is 4.98 Å². The number of aliphatic carboxylic acids is 1. The lowest BCUT2D eigenvalue weighted by molar-refractivity contribution is -0.146. The van der Waals surface area contributed by atoms with Crippen molar-refractivity contribution < 1.29 is 14.7 Å². The van der Waals surface area contributed by atoms with Crippen LogP contribution in [0.25, 0.3) is 0 Å². The summed E-state index contributed by atoms with van der Waals surface area (Å²) in [6.45, 7) is 3.99. The van der Waals surface area contributed by atoms with Gasteiger partial charge in [-0.2, -0.15) is 0 Å². The van der Waals surface area contributed by atoms with Crippen molar-refractivity contribution in [3.63, 3.8) is 0 Å². The molecule has 0 saturated heterocycles. The van der Waals surface area contributed by atoms with Gasteiger partial charge in [0, 0.05) is 10.9 Å².